The van der Waals surface area contributed by atoms with Crippen LogP contribution in [0.25, 0.3) is 0 Å². The van der Waals surface area contributed by atoms with E-state index in [0.29, 0.717) is 18.8 Å². The summed E-state index contributed by atoms with van der Waals surface area (Å²) in [5.41, 5.74) is 1.27. The van der Waals surface area contributed by atoms with Crippen molar-refractivity contribution in [3.05, 3.63) is 47.2 Å². The van der Waals surface area contributed by atoms with E-state index in [1.807, 2.05) is 45.0 Å². The van der Waals surface area contributed by atoms with E-state index in [1.165, 1.54) is 17.1 Å². The minimum absolute atomic E-state index is 0.0181. The Balaban J connectivity index is 0.00000125. The fraction of sp³-hybridized carbons (Fsp3) is 0.591. The highest BCUT2D eigenvalue weighted by molar-refractivity contribution is 5.93. The number of nitrogens with zero attached hydrogens (tertiary/aromatic N) is 2. The predicted octanol–water partition coefficient (Wildman–Crippen LogP) is 2.44. The number of likely N-dealkylation sites (N-methyl/N-ethyl adjacent to an activating group) is 2. The molecule has 2 rings (SSSR count). The van der Waals surface area contributed by atoms with Gasteiger partial charge in [0, 0.05) is 34.3 Å². The molecule has 3 N–H and O–H groups in total. The fourth-order valence-electron chi connectivity index (χ4n) is 2.85. The lowest BCUT2D eigenvalue weighted by Crippen LogP contribution is -2.41. The number of hydrogen-bond donors (Lipinski definition) is 3. The zero-order valence-electron chi connectivity index (χ0n) is 19.7. The Labute approximate surface area is 192 Å². The summed E-state index contributed by atoms with van der Waals surface area (Å²) in [7, 11) is 5.36. The number of rotatable bonds is 9. The first-order valence-corrected chi connectivity index (χ1v) is 10.6. The predicted molar refractivity (Wildman–Crippen MR) is 119 cm³/mol. The number of aliphatic hydroxyl groups excluding tert-OH is 1. The minimum Gasteiger partial charge on any atom is -0.490 e. The van der Waals surface area contributed by atoms with Crippen molar-refractivity contribution < 1.29 is 32.2 Å². The molecule has 0 radical (unpaired) electrons. The number of halogens is 4. The van der Waals surface area contributed by atoms with Gasteiger partial charge in [-0.3, -0.25) is 4.79 Å². The normalized spacial score (nSPS) is 17.2. The number of carbonyl (C=O) groups is 1. The van der Waals surface area contributed by atoms with Crippen LogP contribution in [0.1, 0.15) is 20.3 Å². The molecule has 0 saturated heterocycles. The maximum atomic E-state index is 13.0. The molecule has 0 aromatic heterocycles. The standard InChI is InChI=1S/C19H26F4N4O2.C3H8O/c1-12(13-7-8-26(3)16(9-13)24-2)25-17(28)15-6-5-14(10-27(15)4)29-11-19(22,23)18(20)21;1-2-3-4/h5-7,9,12,18,24H,8,10-11H2,1-4H3,(H,25,28);4H,2-3H2,1H3. The molecule has 188 valence electrons. The summed E-state index contributed by atoms with van der Waals surface area (Å²) in [4.78, 5) is 16.1. The summed E-state index contributed by atoms with van der Waals surface area (Å²) in [5.74, 6) is -3.55. The van der Waals surface area contributed by atoms with Crippen LogP contribution in [-0.4, -0.2) is 86.6 Å². The third kappa shape index (κ3) is 8.64. The molecule has 0 aliphatic carbocycles. The molecule has 0 aromatic carbocycles. The highest BCUT2D eigenvalue weighted by Gasteiger charge is 2.42. The van der Waals surface area contributed by atoms with Gasteiger partial charge < -0.3 is 30.3 Å². The maximum Gasteiger partial charge on any atom is 0.340 e. The second-order valence-corrected chi connectivity index (χ2v) is 7.67. The molecule has 2 heterocycles. The Morgan fingerprint density at radius 1 is 1.27 bits per heavy atom. The Bertz CT molecular complexity index is 780. The molecule has 0 spiro atoms. The van der Waals surface area contributed by atoms with Crippen molar-refractivity contribution in [2.24, 2.45) is 0 Å². The molecule has 1 unspecified atom stereocenters. The third-order valence-corrected chi connectivity index (χ3v) is 4.88. The van der Waals surface area contributed by atoms with Crippen molar-refractivity contribution in [3.63, 3.8) is 0 Å². The summed E-state index contributed by atoms with van der Waals surface area (Å²) >= 11 is 0. The second kappa shape index (κ2) is 13.1. The van der Waals surface area contributed by atoms with Gasteiger partial charge in [-0.05, 0) is 37.1 Å². The van der Waals surface area contributed by atoms with Crippen LogP contribution < -0.4 is 10.6 Å². The Kier molecular flexibility index (Phi) is 11.3. The van der Waals surface area contributed by atoms with Crippen LogP contribution >= 0.6 is 0 Å². The van der Waals surface area contributed by atoms with Crippen LogP contribution in [0.15, 0.2) is 47.2 Å². The van der Waals surface area contributed by atoms with Crippen LogP contribution in [0.4, 0.5) is 17.6 Å². The Morgan fingerprint density at radius 2 is 1.91 bits per heavy atom. The summed E-state index contributed by atoms with van der Waals surface area (Å²) in [5, 5.41) is 13.9. The smallest absolute Gasteiger partial charge is 0.340 e. The zero-order valence-corrected chi connectivity index (χ0v) is 19.7. The molecule has 1 amide bonds. The molecule has 33 heavy (non-hydrogen) atoms. The van der Waals surface area contributed by atoms with Crippen LogP contribution in [0.3, 0.4) is 0 Å². The van der Waals surface area contributed by atoms with Crippen molar-refractivity contribution in [2.75, 3.05) is 47.4 Å². The monoisotopic (exact) mass is 478 g/mol. The van der Waals surface area contributed by atoms with Gasteiger partial charge in [0.05, 0.1) is 12.6 Å². The number of hydrogen-bond acceptors (Lipinski definition) is 6. The number of allylic oxidation sites excluding steroid dienone is 2. The van der Waals surface area contributed by atoms with Crippen LogP contribution in [0.5, 0.6) is 0 Å². The van der Waals surface area contributed by atoms with E-state index >= 15 is 0 Å². The number of ether oxygens (including phenoxy) is 1. The van der Waals surface area contributed by atoms with Gasteiger partial charge >= 0.3 is 12.3 Å². The third-order valence-electron chi connectivity index (χ3n) is 4.88. The first kappa shape index (κ1) is 28.3. The summed E-state index contributed by atoms with van der Waals surface area (Å²) in [6.45, 7) is 3.42. The van der Waals surface area contributed by atoms with Crippen molar-refractivity contribution in [1.82, 2.24) is 20.4 Å². The molecule has 0 saturated carbocycles. The van der Waals surface area contributed by atoms with E-state index in [0.717, 1.165) is 17.8 Å². The highest BCUT2D eigenvalue weighted by Crippen LogP contribution is 2.25. The van der Waals surface area contributed by atoms with Gasteiger partial charge in [-0.25, -0.2) is 8.78 Å². The van der Waals surface area contributed by atoms with Gasteiger partial charge in [-0.15, -0.1) is 0 Å². The Morgan fingerprint density at radius 3 is 2.42 bits per heavy atom. The van der Waals surface area contributed by atoms with Gasteiger partial charge in [0.15, 0.2) is 6.61 Å². The molecule has 0 bridgehead atoms. The Hall–Kier alpha value is -2.69. The number of carbonyl (C=O) groups excluding carboxylic acids is 1. The SMILES string of the molecule is CCCO.CNC1=CC(C(C)NC(=O)C2=CC=C(OCC(F)(F)C(F)F)CN2C)=CCN1C. The first-order chi connectivity index (χ1) is 15.5. The molecular formula is C22H34F4N4O3. The van der Waals surface area contributed by atoms with E-state index in [9.17, 15) is 22.4 Å². The topological polar surface area (TPSA) is 77.1 Å². The van der Waals surface area contributed by atoms with Gasteiger partial charge in [0.1, 0.15) is 17.3 Å². The molecule has 11 heteroatoms. The molecule has 0 fully saturated rings. The van der Waals surface area contributed by atoms with Crippen LogP contribution in [0, 0.1) is 0 Å². The minimum atomic E-state index is -4.22. The van der Waals surface area contributed by atoms with Gasteiger partial charge in [0.25, 0.3) is 5.91 Å². The van der Waals surface area contributed by atoms with E-state index in [2.05, 4.69) is 10.6 Å². The first-order valence-electron chi connectivity index (χ1n) is 10.6. The lowest BCUT2D eigenvalue weighted by Gasteiger charge is -2.30. The van der Waals surface area contributed by atoms with Crippen molar-refractivity contribution >= 4 is 5.91 Å². The molecule has 0 aromatic rings. The maximum absolute atomic E-state index is 13.0. The van der Waals surface area contributed by atoms with Crippen LogP contribution in [-0.2, 0) is 9.53 Å². The summed E-state index contributed by atoms with van der Waals surface area (Å²) in [6, 6.07) is -0.250. The molecule has 2 aliphatic heterocycles. The van der Waals surface area contributed by atoms with Gasteiger partial charge in [-0.1, -0.05) is 13.0 Å². The lowest BCUT2D eigenvalue weighted by atomic mass is 10.0. The fourth-order valence-corrected chi connectivity index (χ4v) is 2.85. The summed E-state index contributed by atoms with van der Waals surface area (Å²) < 4.78 is 55.2. The molecule has 7 nitrogen and oxygen atoms in total. The largest absolute Gasteiger partial charge is 0.490 e. The van der Waals surface area contributed by atoms with E-state index in [1.54, 1.807) is 7.05 Å². The number of nitrogens with one attached hydrogen (secondary N) is 2. The van der Waals surface area contributed by atoms with E-state index in [-0.39, 0.29) is 24.3 Å². The highest BCUT2D eigenvalue weighted by atomic mass is 19.3. The van der Waals surface area contributed by atoms with Gasteiger partial charge in [0.2, 0.25) is 0 Å². The number of aliphatic hydroxyl groups is 1. The van der Waals surface area contributed by atoms with Crippen molar-refractivity contribution in [1.29, 1.82) is 0 Å². The van der Waals surface area contributed by atoms with Gasteiger partial charge in [-0.2, -0.15) is 8.78 Å². The number of amides is 1. The van der Waals surface area contributed by atoms with Crippen molar-refractivity contribution in [3.8, 4) is 0 Å². The quantitative estimate of drug-likeness (QED) is 0.442. The lowest BCUT2D eigenvalue weighted by molar-refractivity contribution is -0.158. The summed E-state index contributed by atoms with van der Waals surface area (Å²) in [6.07, 6.45) is 3.80. The van der Waals surface area contributed by atoms with E-state index < -0.39 is 19.0 Å². The number of alkyl halides is 4. The zero-order chi connectivity index (χ0) is 25.2. The van der Waals surface area contributed by atoms with Crippen LogP contribution in [0.2, 0.25) is 0 Å². The molecular weight excluding hydrogens is 444 g/mol. The van der Waals surface area contributed by atoms with E-state index in [4.69, 9.17) is 9.84 Å². The van der Waals surface area contributed by atoms with Crippen molar-refractivity contribution in [2.45, 2.75) is 38.7 Å². The average molecular weight is 479 g/mol. The molecule has 2 aliphatic rings. The molecule has 1 atom stereocenters. The second-order valence-electron chi connectivity index (χ2n) is 7.67. The average Bonchev–Trinajstić information content (AvgIpc) is 2.78.